The summed E-state index contributed by atoms with van der Waals surface area (Å²) in [5.41, 5.74) is 0. The van der Waals surface area contributed by atoms with Crippen LogP contribution in [-0.2, 0) is 4.79 Å². The molecular weight excluding hydrogens is 140 g/mol. The van der Waals surface area contributed by atoms with Gasteiger partial charge in [-0.1, -0.05) is 13.0 Å². The maximum absolute atomic E-state index is 11.1. The van der Waals surface area contributed by atoms with Crippen LogP contribution in [0.4, 0.5) is 0 Å². The zero-order chi connectivity index (χ0) is 8.27. The van der Waals surface area contributed by atoms with Crippen molar-refractivity contribution in [1.82, 2.24) is 5.32 Å². The Morgan fingerprint density at radius 1 is 1.73 bits per heavy atom. The average molecular weight is 152 g/mol. The fourth-order valence-electron chi connectivity index (χ4n) is 0.976. The fourth-order valence-corrected chi connectivity index (χ4v) is 0.976. The molecule has 0 spiro atoms. The van der Waals surface area contributed by atoms with E-state index in [9.17, 15) is 4.79 Å². The summed E-state index contributed by atoms with van der Waals surface area (Å²) in [6.45, 7) is 1.88. The van der Waals surface area contributed by atoms with Gasteiger partial charge in [-0.05, 0) is 18.9 Å². The van der Waals surface area contributed by atoms with Crippen LogP contribution in [0.5, 0.6) is 0 Å². The first-order chi connectivity index (χ1) is 5.20. The number of hydrogen-bond acceptors (Lipinski definition) is 2. The van der Waals surface area contributed by atoms with Gasteiger partial charge in [-0.3, -0.25) is 10.2 Å². The smallest absolute Gasteiger partial charge is 0.228 e. The van der Waals surface area contributed by atoms with Gasteiger partial charge in [0.25, 0.3) is 0 Å². The maximum atomic E-state index is 11.1. The van der Waals surface area contributed by atoms with Gasteiger partial charge in [0.1, 0.15) is 5.84 Å². The van der Waals surface area contributed by atoms with Crippen LogP contribution in [0, 0.1) is 11.3 Å². The number of carbonyl (C=O) groups excluding carboxylic acids is 1. The van der Waals surface area contributed by atoms with Crippen molar-refractivity contribution in [2.24, 2.45) is 5.92 Å². The lowest BCUT2D eigenvalue weighted by atomic mass is 10.0. The molecule has 0 bridgehead atoms. The Morgan fingerprint density at radius 2 is 2.45 bits per heavy atom. The molecule has 0 saturated heterocycles. The quantitative estimate of drug-likeness (QED) is 0.536. The van der Waals surface area contributed by atoms with Crippen molar-refractivity contribution in [3.63, 3.8) is 0 Å². The van der Waals surface area contributed by atoms with E-state index >= 15 is 0 Å². The van der Waals surface area contributed by atoms with E-state index in [1.807, 2.05) is 13.0 Å². The van der Waals surface area contributed by atoms with Crippen LogP contribution >= 0.6 is 0 Å². The summed E-state index contributed by atoms with van der Waals surface area (Å²) in [7, 11) is 0. The van der Waals surface area contributed by atoms with E-state index in [0.717, 1.165) is 12.8 Å². The third kappa shape index (κ3) is 2.18. The molecule has 1 rings (SSSR count). The molecule has 1 atom stereocenters. The molecule has 0 fully saturated rings. The minimum absolute atomic E-state index is 0.0281. The molecule has 60 valence electrons. The van der Waals surface area contributed by atoms with E-state index in [0.29, 0.717) is 0 Å². The molecule has 0 saturated carbocycles. The highest BCUT2D eigenvalue weighted by Gasteiger charge is 2.13. The summed E-state index contributed by atoms with van der Waals surface area (Å²) in [4.78, 5) is 11.1. The van der Waals surface area contributed by atoms with Crippen molar-refractivity contribution >= 4 is 11.7 Å². The van der Waals surface area contributed by atoms with E-state index in [4.69, 9.17) is 5.41 Å². The number of allylic oxidation sites excluding steroid dienone is 1. The second-order valence-electron chi connectivity index (χ2n) is 2.78. The highest BCUT2D eigenvalue weighted by molar-refractivity contribution is 6.03. The Balaban J connectivity index is 2.66. The summed E-state index contributed by atoms with van der Waals surface area (Å²) < 4.78 is 0. The number of carbonyl (C=O) groups is 1. The van der Waals surface area contributed by atoms with Crippen molar-refractivity contribution in [2.45, 2.75) is 19.8 Å². The molecule has 1 aliphatic rings. The molecular formula is C8H12N2O. The molecule has 3 nitrogen and oxygen atoms in total. The normalized spacial score (nSPS) is 25.7. The molecule has 1 amide bonds. The maximum Gasteiger partial charge on any atom is 0.228 e. The highest BCUT2D eigenvalue weighted by Crippen LogP contribution is 2.07. The molecule has 1 unspecified atom stereocenters. The highest BCUT2D eigenvalue weighted by atomic mass is 16.1. The van der Waals surface area contributed by atoms with Gasteiger partial charge in [0.15, 0.2) is 0 Å². The van der Waals surface area contributed by atoms with Crippen LogP contribution in [0.2, 0.25) is 0 Å². The molecule has 0 radical (unpaired) electrons. The lowest BCUT2D eigenvalue weighted by molar-refractivity contribution is -0.123. The first kappa shape index (κ1) is 7.98. The Labute approximate surface area is 66.0 Å². The van der Waals surface area contributed by atoms with Crippen molar-refractivity contribution in [1.29, 1.82) is 5.41 Å². The van der Waals surface area contributed by atoms with Crippen LogP contribution in [0.1, 0.15) is 19.8 Å². The Bertz CT molecular complexity index is 208. The van der Waals surface area contributed by atoms with Crippen molar-refractivity contribution in [2.75, 3.05) is 0 Å². The van der Waals surface area contributed by atoms with Gasteiger partial charge in [-0.15, -0.1) is 0 Å². The summed E-state index contributed by atoms with van der Waals surface area (Å²) in [5.74, 6) is 0.182. The van der Waals surface area contributed by atoms with E-state index in [-0.39, 0.29) is 17.7 Å². The Morgan fingerprint density at radius 3 is 3.18 bits per heavy atom. The monoisotopic (exact) mass is 152 g/mol. The zero-order valence-corrected chi connectivity index (χ0v) is 6.55. The molecule has 0 aromatic carbocycles. The topological polar surface area (TPSA) is 53.0 Å². The van der Waals surface area contributed by atoms with Crippen molar-refractivity contribution < 1.29 is 4.79 Å². The van der Waals surface area contributed by atoms with E-state index in [1.54, 1.807) is 6.08 Å². The summed E-state index contributed by atoms with van der Waals surface area (Å²) >= 11 is 0. The molecule has 2 N–H and O–H groups in total. The second-order valence-corrected chi connectivity index (χ2v) is 2.78. The number of hydrogen-bond donors (Lipinski definition) is 2. The van der Waals surface area contributed by atoms with E-state index < -0.39 is 0 Å². The number of amidine groups is 1. The zero-order valence-electron chi connectivity index (χ0n) is 6.55. The van der Waals surface area contributed by atoms with Crippen LogP contribution < -0.4 is 5.32 Å². The third-order valence-electron chi connectivity index (χ3n) is 1.76. The standard InChI is InChI=1S/C8H12N2O/c1-6-4-2-3-5-7(9)10-8(6)11/h3,5-6H,2,4H2,1H3,(H2,9,10,11). The van der Waals surface area contributed by atoms with Crippen LogP contribution in [0.3, 0.4) is 0 Å². The van der Waals surface area contributed by atoms with Gasteiger partial charge >= 0.3 is 0 Å². The van der Waals surface area contributed by atoms with Gasteiger partial charge in [-0.25, -0.2) is 0 Å². The Kier molecular flexibility index (Phi) is 2.41. The predicted molar refractivity (Wildman–Crippen MR) is 43.4 cm³/mol. The first-order valence-electron chi connectivity index (χ1n) is 3.76. The van der Waals surface area contributed by atoms with Gasteiger partial charge in [0.05, 0.1) is 0 Å². The second kappa shape index (κ2) is 3.32. The Hall–Kier alpha value is -1.12. The van der Waals surface area contributed by atoms with Gasteiger partial charge in [-0.2, -0.15) is 0 Å². The minimum atomic E-state index is -0.0423. The molecule has 0 aromatic heterocycles. The third-order valence-corrected chi connectivity index (χ3v) is 1.76. The number of rotatable bonds is 0. The van der Waals surface area contributed by atoms with Crippen LogP contribution in [-0.4, -0.2) is 11.7 Å². The molecule has 0 aliphatic carbocycles. The van der Waals surface area contributed by atoms with E-state index in [2.05, 4.69) is 5.32 Å². The molecule has 11 heavy (non-hydrogen) atoms. The molecule has 1 aliphatic heterocycles. The van der Waals surface area contributed by atoms with Crippen LogP contribution in [0.25, 0.3) is 0 Å². The van der Waals surface area contributed by atoms with Crippen molar-refractivity contribution in [3.8, 4) is 0 Å². The lowest BCUT2D eigenvalue weighted by Crippen LogP contribution is -2.33. The van der Waals surface area contributed by atoms with Gasteiger partial charge < -0.3 is 5.32 Å². The first-order valence-corrected chi connectivity index (χ1v) is 3.76. The van der Waals surface area contributed by atoms with E-state index in [1.165, 1.54) is 0 Å². The molecule has 3 heteroatoms. The van der Waals surface area contributed by atoms with Crippen molar-refractivity contribution in [3.05, 3.63) is 12.2 Å². The minimum Gasteiger partial charge on any atom is -0.311 e. The SMILES string of the molecule is CC1CCC=CC(=N)NC1=O. The largest absolute Gasteiger partial charge is 0.311 e. The van der Waals surface area contributed by atoms with Crippen LogP contribution in [0.15, 0.2) is 12.2 Å². The van der Waals surface area contributed by atoms with Gasteiger partial charge in [0, 0.05) is 5.92 Å². The summed E-state index contributed by atoms with van der Waals surface area (Å²) in [5, 5.41) is 9.72. The average Bonchev–Trinajstić information content (AvgIpc) is 1.95. The lowest BCUT2D eigenvalue weighted by Gasteiger charge is -2.12. The molecule has 1 heterocycles. The number of amides is 1. The van der Waals surface area contributed by atoms with Gasteiger partial charge in [0.2, 0.25) is 5.91 Å². The summed E-state index contributed by atoms with van der Waals surface area (Å²) in [6.07, 6.45) is 5.30. The fraction of sp³-hybridized carbons (Fsp3) is 0.500. The predicted octanol–water partition coefficient (Wildman–Crippen LogP) is 1.07. The summed E-state index contributed by atoms with van der Waals surface area (Å²) in [6, 6.07) is 0. The molecule has 0 aromatic rings. The number of nitrogens with one attached hydrogen (secondary N) is 2.